The number of carbonyl (C=O) groups is 1. The third kappa shape index (κ3) is 2.39. The lowest BCUT2D eigenvalue weighted by Gasteiger charge is -2.23. The van der Waals surface area contributed by atoms with E-state index in [9.17, 15) is 13.2 Å². The van der Waals surface area contributed by atoms with E-state index in [2.05, 4.69) is 0 Å². The first kappa shape index (κ1) is 17.2. The van der Waals surface area contributed by atoms with Crippen LogP contribution in [-0.2, 0) is 21.2 Å². The maximum Gasteiger partial charge on any atom is 0.340 e. The Morgan fingerprint density at radius 2 is 2.19 bits per heavy atom. The minimum atomic E-state index is -3.70. The number of rotatable bonds is 3. The molecule has 1 aromatic carbocycles. The average molecular weight is 409 g/mol. The Bertz CT molecular complexity index is 1050. The molecule has 0 bridgehead atoms. The molecule has 0 aliphatic carbocycles. The molecular weight excluding hydrogens is 390 g/mol. The molecule has 4 heterocycles. The Morgan fingerprint density at radius 1 is 1.37 bits per heavy atom. The van der Waals surface area contributed by atoms with Crippen molar-refractivity contribution in [1.29, 1.82) is 0 Å². The van der Waals surface area contributed by atoms with Gasteiger partial charge in [0.25, 0.3) is 0 Å². The lowest BCUT2D eigenvalue weighted by Crippen LogP contribution is -2.41. The first-order valence-corrected chi connectivity index (χ1v) is 11.6. The monoisotopic (exact) mass is 409 g/mol. The van der Waals surface area contributed by atoms with Gasteiger partial charge in [-0.25, -0.2) is 22.5 Å². The van der Waals surface area contributed by atoms with Gasteiger partial charge in [-0.15, -0.1) is 0 Å². The van der Waals surface area contributed by atoms with Crippen molar-refractivity contribution in [2.75, 3.05) is 24.4 Å². The van der Waals surface area contributed by atoms with Gasteiger partial charge in [-0.1, -0.05) is 18.3 Å². The molecule has 10 heteroatoms. The molecule has 3 atom stereocenters. The van der Waals surface area contributed by atoms with Gasteiger partial charge in [0.15, 0.2) is 5.13 Å². The first-order chi connectivity index (χ1) is 12.9. The van der Waals surface area contributed by atoms with Crippen LogP contribution in [0.2, 0.25) is 0 Å². The van der Waals surface area contributed by atoms with Gasteiger partial charge in [-0.05, 0) is 18.6 Å². The van der Waals surface area contributed by atoms with Crippen molar-refractivity contribution < 1.29 is 22.7 Å². The number of urea groups is 1. The average Bonchev–Trinajstić information content (AvgIpc) is 3.34. The van der Waals surface area contributed by atoms with Crippen LogP contribution in [0.3, 0.4) is 0 Å². The Kier molecular flexibility index (Phi) is 3.69. The van der Waals surface area contributed by atoms with Crippen molar-refractivity contribution in [2.45, 2.75) is 38.0 Å². The van der Waals surface area contributed by atoms with Crippen molar-refractivity contribution in [3.63, 3.8) is 0 Å². The quantitative estimate of drug-likeness (QED) is 0.770. The summed E-state index contributed by atoms with van der Waals surface area (Å²) in [4.78, 5) is 19.4. The van der Waals surface area contributed by atoms with Crippen LogP contribution in [0.1, 0.15) is 18.9 Å². The predicted octanol–water partition coefficient (Wildman–Crippen LogP) is 1.98. The maximum atomic E-state index is 13.1. The van der Waals surface area contributed by atoms with Gasteiger partial charge >= 0.3 is 6.03 Å². The zero-order valence-electron chi connectivity index (χ0n) is 14.9. The highest BCUT2D eigenvalue weighted by atomic mass is 32.2. The number of fused-ring (bicyclic) bond motifs is 4. The number of benzene rings is 1. The third-order valence-electron chi connectivity index (χ3n) is 5.44. The number of ether oxygens (including phenoxy) is 2. The summed E-state index contributed by atoms with van der Waals surface area (Å²) in [5.41, 5.74) is 1.88. The van der Waals surface area contributed by atoms with Crippen LogP contribution in [0.4, 0.5) is 9.93 Å². The topological polar surface area (TPSA) is 89.0 Å². The van der Waals surface area contributed by atoms with Crippen LogP contribution in [0.15, 0.2) is 12.1 Å². The van der Waals surface area contributed by atoms with E-state index in [0.29, 0.717) is 18.2 Å². The Morgan fingerprint density at radius 3 is 2.93 bits per heavy atom. The second kappa shape index (κ2) is 5.79. The highest BCUT2D eigenvalue weighted by molar-refractivity contribution is 7.89. The zero-order chi connectivity index (χ0) is 18.9. The molecule has 0 spiro atoms. The van der Waals surface area contributed by atoms with E-state index < -0.39 is 22.1 Å². The van der Waals surface area contributed by atoms with E-state index in [1.54, 1.807) is 0 Å². The van der Waals surface area contributed by atoms with Gasteiger partial charge in [-0.2, -0.15) is 0 Å². The van der Waals surface area contributed by atoms with Gasteiger partial charge in [0, 0.05) is 12.0 Å². The molecule has 144 valence electrons. The van der Waals surface area contributed by atoms with Crippen LogP contribution in [0, 0.1) is 0 Å². The van der Waals surface area contributed by atoms with Gasteiger partial charge in [0.05, 0.1) is 47.9 Å². The lowest BCUT2D eigenvalue weighted by molar-refractivity contribution is 0.0938. The van der Waals surface area contributed by atoms with E-state index in [-0.39, 0.29) is 18.8 Å². The van der Waals surface area contributed by atoms with Crippen molar-refractivity contribution in [2.24, 2.45) is 0 Å². The molecule has 8 nitrogen and oxygen atoms in total. The molecule has 2 fully saturated rings. The molecule has 2 amide bonds. The second-order valence-electron chi connectivity index (χ2n) is 7.03. The van der Waals surface area contributed by atoms with Crippen LogP contribution in [0.25, 0.3) is 10.2 Å². The van der Waals surface area contributed by atoms with Crippen LogP contribution in [0.5, 0.6) is 5.75 Å². The summed E-state index contributed by atoms with van der Waals surface area (Å²) in [6.45, 7) is 2.82. The van der Waals surface area contributed by atoms with Crippen molar-refractivity contribution in [3.8, 4) is 5.75 Å². The normalized spacial score (nSPS) is 27.3. The first-order valence-electron chi connectivity index (χ1n) is 8.89. The van der Waals surface area contributed by atoms with Gasteiger partial charge in [0.2, 0.25) is 10.0 Å². The summed E-state index contributed by atoms with van der Waals surface area (Å²) in [6.07, 6.45) is 2.32. The summed E-state index contributed by atoms with van der Waals surface area (Å²) in [6, 6.07) is 2.45. The molecule has 27 heavy (non-hydrogen) atoms. The number of thiazole rings is 1. The Labute approximate surface area is 160 Å². The molecule has 0 unspecified atom stereocenters. The fourth-order valence-corrected chi connectivity index (χ4v) is 6.39. The van der Waals surface area contributed by atoms with Crippen molar-refractivity contribution in [3.05, 3.63) is 17.7 Å². The summed E-state index contributed by atoms with van der Waals surface area (Å²) in [5.74, 6) is 0.832. The molecule has 3 aliphatic heterocycles. The van der Waals surface area contributed by atoms with Gasteiger partial charge in [0.1, 0.15) is 5.75 Å². The minimum Gasteiger partial charge on any atom is -0.493 e. The number of amides is 2. The standard InChI is InChI=1S/C17H19N3O5S2/c1-3-11-15-10(8-25-11)20(27(2,22)23)17(21)19(15)16-18-14-9-6-7-24-12(9)4-5-13(14)26-16/h4-5,10-11,15H,3,6-8H2,1-2H3/t10-,11+,15-/m0/s1. The molecule has 3 aliphatic rings. The SMILES string of the molecule is CC[C@H]1OC[C@H]2[C@@H]1N(c1nc3c4c(ccc3s1)OCC4)C(=O)N2S(C)(=O)=O. The number of aromatic nitrogens is 1. The molecule has 5 rings (SSSR count). The number of nitrogens with zero attached hydrogens (tertiary/aromatic N) is 3. The highest BCUT2D eigenvalue weighted by Gasteiger charge is 2.57. The number of sulfonamides is 1. The molecular formula is C17H19N3O5S2. The van der Waals surface area contributed by atoms with Crippen molar-refractivity contribution >= 4 is 42.7 Å². The maximum absolute atomic E-state index is 13.1. The lowest BCUT2D eigenvalue weighted by atomic mass is 10.1. The van der Waals surface area contributed by atoms with E-state index in [0.717, 1.165) is 38.5 Å². The molecule has 0 N–H and O–H groups in total. The molecule has 1 aromatic heterocycles. The predicted molar refractivity (Wildman–Crippen MR) is 101 cm³/mol. The summed E-state index contributed by atoms with van der Waals surface area (Å²) in [5, 5.41) is 0.514. The number of anilines is 1. The molecule has 0 saturated carbocycles. The second-order valence-corrected chi connectivity index (χ2v) is 9.90. The largest absolute Gasteiger partial charge is 0.493 e. The summed E-state index contributed by atoms with van der Waals surface area (Å²) < 4.78 is 37.9. The molecule has 2 saturated heterocycles. The number of hydrogen-bond donors (Lipinski definition) is 0. The summed E-state index contributed by atoms with van der Waals surface area (Å²) >= 11 is 1.40. The Balaban J connectivity index is 1.65. The van der Waals surface area contributed by atoms with Crippen molar-refractivity contribution in [1.82, 2.24) is 9.29 Å². The molecule has 2 aromatic rings. The van der Waals surface area contributed by atoms with Gasteiger partial charge in [-0.3, -0.25) is 4.90 Å². The fraction of sp³-hybridized carbons (Fsp3) is 0.529. The number of carbonyl (C=O) groups excluding carboxylic acids is 1. The minimum absolute atomic E-state index is 0.215. The Hall–Kier alpha value is -1.91. The smallest absolute Gasteiger partial charge is 0.340 e. The van der Waals surface area contributed by atoms with Crippen LogP contribution < -0.4 is 9.64 Å². The van der Waals surface area contributed by atoms with Gasteiger partial charge < -0.3 is 9.47 Å². The highest BCUT2D eigenvalue weighted by Crippen LogP contribution is 2.43. The van der Waals surface area contributed by atoms with E-state index in [4.69, 9.17) is 14.5 Å². The summed E-state index contributed by atoms with van der Waals surface area (Å²) in [7, 11) is -3.70. The van der Waals surface area contributed by atoms with Crippen LogP contribution in [-0.4, -0.2) is 61.4 Å². The van der Waals surface area contributed by atoms with E-state index in [1.165, 1.54) is 16.2 Å². The molecule has 0 radical (unpaired) electrons. The van der Waals surface area contributed by atoms with Crippen LogP contribution >= 0.6 is 11.3 Å². The number of hydrogen-bond acceptors (Lipinski definition) is 7. The van der Waals surface area contributed by atoms with E-state index >= 15 is 0 Å². The fourth-order valence-electron chi connectivity index (χ4n) is 4.30. The zero-order valence-corrected chi connectivity index (χ0v) is 16.5. The third-order valence-corrected chi connectivity index (χ3v) is 7.60. The van der Waals surface area contributed by atoms with E-state index in [1.807, 2.05) is 19.1 Å².